The molecule has 0 saturated carbocycles. The summed E-state index contributed by atoms with van der Waals surface area (Å²) in [6.07, 6.45) is 2.35. The first-order valence-electron chi connectivity index (χ1n) is 5.70. The third kappa shape index (κ3) is 2.81. The fourth-order valence-corrected chi connectivity index (χ4v) is 1.68. The van der Waals surface area contributed by atoms with E-state index in [9.17, 15) is 14.4 Å². The molecule has 0 aromatic rings. The molecule has 1 aliphatic heterocycles. The predicted octanol–water partition coefficient (Wildman–Crippen LogP) is 0.440. The van der Waals surface area contributed by atoms with Crippen LogP contribution in [0, 0.1) is 0 Å². The Kier molecular flexibility index (Phi) is 4.46. The molecule has 16 heavy (non-hydrogen) atoms. The highest BCUT2D eigenvalue weighted by molar-refractivity contribution is 6.05. The van der Waals surface area contributed by atoms with Crippen LogP contribution >= 0.6 is 0 Å². The molecule has 0 bridgehead atoms. The Labute approximate surface area is 95.2 Å². The molecule has 0 radical (unpaired) electrons. The number of nitrogens with zero attached hydrogens (tertiary/aromatic N) is 1. The van der Waals surface area contributed by atoms with Crippen LogP contribution in [0.5, 0.6) is 0 Å². The number of amides is 3. The summed E-state index contributed by atoms with van der Waals surface area (Å²) in [6, 6.07) is -0.681. The number of likely N-dealkylation sites (tertiary alicyclic amines) is 1. The maximum atomic E-state index is 11.6. The molecule has 0 spiro atoms. The summed E-state index contributed by atoms with van der Waals surface area (Å²) in [5.41, 5.74) is 0. The number of nitrogens with one attached hydrogen (secondary N) is 1. The molecule has 0 unspecified atom stereocenters. The molecule has 1 N–H and O–H groups in total. The van der Waals surface area contributed by atoms with Crippen LogP contribution < -0.4 is 5.32 Å². The van der Waals surface area contributed by atoms with Crippen LogP contribution in [0.3, 0.4) is 0 Å². The normalized spacial score (nSPS) is 17.8. The lowest BCUT2D eigenvalue weighted by atomic mass is 10.2. The summed E-state index contributed by atoms with van der Waals surface area (Å²) in [4.78, 5) is 35.5. The average molecular weight is 226 g/mol. The van der Waals surface area contributed by atoms with E-state index in [1.165, 1.54) is 0 Å². The van der Waals surface area contributed by atoms with E-state index < -0.39 is 6.04 Å². The molecule has 1 fully saturated rings. The standard InChI is InChI=1S/C11H18N2O3/c1-3-4-7-12-11(16)8(2)13-9(14)5-6-10(13)15/h8H,3-7H2,1-2H3,(H,12,16)/t8-/m0/s1. The lowest BCUT2D eigenvalue weighted by molar-refractivity contribution is -0.146. The Bertz CT molecular complexity index is 286. The molecule has 90 valence electrons. The fourth-order valence-electron chi connectivity index (χ4n) is 1.68. The zero-order valence-electron chi connectivity index (χ0n) is 9.78. The summed E-state index contributed by atoms with van der Waals surface area (Å²) >= 11 is 0. The Morgan fingerprint density at radius 3 is 2.44 bits per heavy atom. The molecule has 3 amide bonds. The van der Waals surface area contributed by atoms with E-state index in [0.29, 0.717) is 6.54 Å². The lowest BCUT2D eigenvalue weighted by Gasteiger charge is -2.21. The predicted molar refractivity (Wildman–Crippen MR) is 58.5 cm³/mol. The van der Waals surface area contributed by atoms with Crippen LogP contribution in [-0.4, -0.2) is 35.2 Å². The first-order chi connectivity index (χ1) is 7.57. The molecular weight excluding hydrogens is 208 g/mol. The number of imide groups is 1. The van der Waals surface area contributed by atoms with Gasteiger partial charge in [-0.25, -0.2) is 0 Å². The van der Waals surface area contributed by atoms with Crippen LogP contribution in [0.4, 0.5) is 0 Å². The highest BCUT2D eigenvalue weighted by Gasteiger charge is 2.35. The van der Waals surface area contributed by atoms with Gasteiger partial charge in [0.15, 0.2) is 0 Å². The van der Waals surface area contributed by atoms with Crippen LogP contribution in [0.25, 0.3) is 0 Å². The van der Waals surface area contributed by atoms with Crippen molar-refractivity contribution in [2.24, 2.45) is 0 Å². The summed E-state index contributed by atoms with van der Waals surface area (Å²) < 4.78 is 0. The minimum absolute atomic E-state index is 0.228. The van der Waals surface area contributed by atoms with Crippen molar-refractivity contribution in [3.05, 3.63) is 0 Å². The number of rotatable bonds is 5. The lowest BCUT2D eigenvalue weighted by Crippen LogP contribution is -2.47. The summed E-state index contributed by atoms with van der Waals surface area (Å²) in [7, 11) is 0. The van der Waals surface area contributed by atoms with Crippen molar-refractivity contribution in [3.63, 3.8) is 0 Å². The number of unbranched alkanes of at least 4 members (excludes halogenated alkanes) is 1. The van der Waals surface area contributed by atoms with E-state index in [0.717, 1.165) is 17.7 Å². The van der Waals surface area contributed by atoms with Crippen molar-refractivity contribution in [2.75, 3.05) is 6.54 Å². The van der Waals surface area contributed by atoms with Gasteiger partial charge in [0.05, 0.1) is 0 Å². The van der Waals surface area contributed by atoms with Crippen LogP contribution in [0.1, 0.15) is 39.5 Å². The first-order valence-corrected chi connectivity index (χ1v) is 5.70. The monoisotopic (exact) mass is 226 g/mol. The van der Waals surface area contributed by atoms with E-state index in [-0.39, 0.29) is 30.6 Å². The van der Waals surface area contributed by atoms with Gasteiger partial charge in [0.25, 0.3) is 0 Å². The minimum atomic E-state index is -0.681. The van der Waals surface area contributed by atoms with Crippen molar-refractivity contribution in [2.45, 2.75) is 45.6 Å². The van der Waals surface area contributed by atoms with Crippen LogP contribution in [0.15, 0.2) is 0 Å². The van der Waals surface area contributed by atoms with Crippen molar-refractivity contribution in [3.8, 4) is 0 Å². The summed E-state index contributed by atoms with van der Waals surface area (Å²) in [5.74, 6) is -0.747. The molecular formula is C11H18N2O3. The SMILES string of the molecule is CCCCNC(=O)[C@H](C)N1C(=O)CCC1=O. The Morgan fingerprint density at radius 1 is 1.38 bits per heavy atom. The Hall–Kier alpha value is -1.39. The number of carbonyl (C=O) groups is 3. The molecule has 0 aromatic carbocycles. The topological polar surface area (TPSA) is 66.5 Å². The molecule has 1 aliphatic rings. The van der Waals surface area contributed by atoms with Crippen molar-refractivity contribution < 1.29 is 14.4 Å². The van der Waals surface area contributed by atoms with Gasteiger partial charge in [0, 0.05) is 19.4 Å². The highest BCUT2D eigenvalue weighted by Crippen LogP contribution is 2.15. The first kappa shape index (κ1) is 12.7. The Balaban J connectivity index is 2.49. The van der Waals surface area contributed by atoms with Gasteiger partial charge >= 0.3 is 0 Å². The minimum Gasteiger partial charge on any atom is -0.354 e. The van der Waals surface area contributed by atoms with Crippen LogP contribution in [-0.2, 0) is 14.4 Å². The van der Waals surface area contributed by atoms with Gasteiger partial charge in [-0.15, -0.1) is 0 Å². The third-order valence-electron chi connectivity index (χ3n) is 2.69. The van der Waals surface area contributed by atoms with Crippen molar-refractivity contribution >= 4 is 17.7 Å². The van der Waals surface area contributed by atoms with Gasteiger partial charge in [0.2, 0.25) is 17.7 Å². The van der Waals surface area contributed by atoms with E-state index >= 15 is 0 Å². The zero-order valence-corrected chi connectivity index (χ0v) is 9.78. The molecule has 5 nitrogen and oxygen atoms in total. The molecule has 1 saturated heterocycles. The van der Waals surface area contributed by atoms with Gasteiger partial charge in [0.1, 0.15) is 6.04 Å². The maximum Gasteiger partial charge on any atom is 0.243 e. The number of hydrogen-bond donors (Lipinski definition) is 1. The van der Waals surface area contributed by atoms with Gasteiger partial charge in [-0.3, -0.25) is 19.3 Å². The van der Waals surface area contributed by atoms with Gasteiger partial charge in [-0.1, -0.05) is 13.3 Å². The second-order valence-electron chi connectivity index (χ2n) is 3.98. The van der Waals surface area contributed by atoms with Crippen LogP contribution in [0.2, 0.25) is 0 Å². The molecule has 5 heteroatoms. The van der Waals surface area contributed by atoms with E-state index in [1.807, 2.05) is 6.92 Å². The average Bonchev–Trinajstić information content (AvgIpc) is 2.58. The quantitative estimate of drug-likeness (QED) is 0.546. The van der Waals surface area contributed by atoms with Gasteiger partial charge in [-0.05, 0) is 13.3 Å². The third-order valence-corrected chi connectivity index (χ3v) is 2.69. The Morgan fingerprint density at radius 2 is 1.94 bits per heavy atom. The molecule has 1 heterocycles. The second kappa shape index (κ2) is 5.63. The molecule has 1 atom stereocenters. The number of carbonyl (C=O) groups excluding carboxylic acids is 3. The van der Waals surface area contributed by atoms with Gasteiger partial charge < -0.3 is 5.32 Å². The largest absolute Gasteiger partial charge is 0.354 e. The highest BCUT2D eigenvalue weighted by atomic mass is 16.2. The van der Waals surface area contributed by atoms with Crippen molar-refractivity contribution in [1.29, 1.82) is 0 Å². The van der Waals surface area contributed by atoms with E-state index in [1.54, 1.807) is 6.92 Å². The van der Waals surface area contributed by atoms with Crippen molar-refractivity contribution in [1.82, 2.24) is 10.2 Å². The summed E-state index contributed by atoms with van der Waals surface area (Å²) in [6.45, 7) is 4.21. The number of hydrogen-bond acceptors (Lipinski definition) is 3. The summed E-state index contributed by atoms with van der Waals surface area (Å²) in [5, 5.41) is 2.72. The second-order valence-corrected chi connectivity index (χ2v) is 3.98. The van der Waals surface area contributed by atoms with E-state index in [2.05, 4.69) is 5.32 Å². The molecule has 0 aromatic heterocycles. The van der Waals surface area contributed by atoms with Gasteiger partial charge in [-0.2, -0.15) is 0 Å². The zero-order chi connectivity index (χ0) is 12.1. The maximum absolute atomic E-state index is 11.6. The molecule has 1 rings (SSSR count). The molecule has 0 aliphatic carbocycles. The van der Waals surface area contributed by atoms with E-state index in [4.69, 9.17) is 0 Å². The fraction of sp³-hybridized carbons (Fsp3) is 0.727. The smallest absolute Gasteiger partial charge is 0.243 e.